The second-order valence-corrected chi connectivity index (χ2v) is 6.35. The lowest BCUT2D eigenvalue weighted by atomic mass is 10.1. The van der Waals surface area contributed by atoms with Crippen molar-refractivity contribution in [2.75, 3.05) is 27.2 Å². The van der Waals surface area contributed by atoms with E-state index in [2.05, 4.69) is 5.32 Å². The Labute approximate surface area is 129 Å². The second kappa shape index (κ2) is 7.11. The van der Waals surface area contributed by atoms with E-state index in [9.17, 15) is 5.11 Å². The summed E-state index contributed by atoms with van der Waals surface area (Å²) >= 11 is 18.1. The van der Waals surface area contributed by atoms with E-state index >= 15 is 0 Å². The number of benzene rings is 1. The quantitative estimate of drug-likeness (QED) is 0.789. The summed E-state index contributed by atoms with van der Waals surface area (Å²) in [5.41, 5.74) is -0.0717. The van der Waals surface area contributed by atoms with Gasteiger partial charge in [0.25, 0.3) is 0 Å². The van der Waals surface area contributed by atoms with Crippen LogP contribution in [0.25, 0.3) is 0 Å². The molecule has 1 aromatic carbocycles. The third kappa shape index (κ3) is 5.46. The van der Waals surface area contributed by atoms with Crippen LogP contribution in [0.4, 0.5) is 0 Å². The molecule has 0 aromatic heterocycles. The van der Waals surface area contributed by atoms with Crippen LogP contribution in [0, 0.1) is 0 Å². The van der Waals surface area contributed by atoms with Crippen LogP contribution in [-0.2, 0) is 6.54 Å². The van der Waals surface area contributed by atoms with Crippen LogP contribution in [0.1, 0.15) is 12.5 Å². The largest absolute Gasteiger partial charge is 0.388 e. The van der Waals surface area contributed by atoms with Crippen LogP contribution < -0.4 is 5.32 Å². The summed E-state index contributed by atoms with van der Waals surface area (Å²) in [6, 6.07) is 3.38. The molecule has 0 saturated heterocycles. The third-order valence-corrected chi connectivity index (χ3v) is 3.80. The van der Waals surface area contributed by atoms with E-state index in [0.717, 1.165) is 5.56 Å². The molecule has 1 unspecified atom stereocenters. The van der Waals surface area contributed by atoms with Gasteiger partial charge in [0, 0.05) is 30.2 Å². The first-order valence-corrected chi connectivity index (χ1v) is 7.06. The van der Waals surface area contributed by atoms with E-state index < -0.39 is 5.60 Å². The van der Waals surface area contributed by atoms with Gasteiger partial charge in [0.05, 0.1) is 15.6 Å². The molecular formula is C13H19Cl3N2O. The van der Waals surface area contributed by atoms with Crippen molar-refractivity contribution < 1.29 is 5.11 Å². The van der Waals surface area contributed by atoms with Crippen molar-refractivity contribution >= 4 is 34.8 Å². The molecule has 19 heavy (non-hydrogen) atoms. The molecule has 2 N–H and O–H groups in total. The normalized spacial score (nSPS) is 14.7. The highest BCUT2D eigenvalue weighted by atomic mass is 35.5. The SMILES string of the molecule is CN(C)CC(C)(O)CNCc1c(Cl)ccc(Cl)c1Cl. The molecule has 0 saturated carbocycles. The number of nitrogens with zero attached hydrogens (tertiary/aromatic N) is 1. The molecule has 0 bridgehead atoms. The number of rotatable bonds is 6. The molecule has 1 atom stereocenters. The van der Waals surface area contributed by atoms with Gasteiger partial charge in [-0.2, -0.15) is 0 Å². The Balaban J connectivity index is 2.61. The van der Waals surface area contributed by atoms with Crippen LogP contribution in [0.2, 0.25) is 15.1 Å². The fourth-order valence-corrected chi connectivity index (χ4v) is 2.61. The number of nitrogens with one attached hydrogen (secondary N) is 1. The van der Waals surface area contributed by atoms with Gasteiger partial charge >= 0.3 is 0 Å². The van der Waals surface area contributed by atoms with Gasteiger partial charge in [-0.1, -0.05) is 34.8 Å². The minimum Gasteiger partial charge on any atom is -0.388 e. The average Bonchev–Trinajstić information content (AvgIpc) is 2.26. The molecule has 0 radical (unpaired) electrons. The van der Waals surface area contributed by atoms with Crippen molar-refractivity contribution in [1.29, 1.82) is 0 Å². The van der Waals surface area contributed by atoms with Crippen LogP contribution in [-0.4, -0.2) is 42.8 Å². The zero-order chi connectivity index (χ0) is 14.6. The third-order valence-electron chi connectivity index (χ3n) is 2.60. The summed E-state index contributed by atoms with van der Waals surface area (Å²) in [5.74, 6) is 0. The minimum atomic E-state index is -0.818. The Morgan fingerprint density at radius 2 is 1.79 bits per heavy atom. The van der Waals surface area contributed by atoms with Gasteiger partial charge in [-0.05, 0) is 33.2 Å². The summed E-state index contributed by atoms with van der Waals surface area (Å²) in [6.07, 6.45) is 0. The Hall–Kier alpha value is -0.0300. The first-order valence-electron chi connectivity index (χ1n) is 5.93. The maximum Gasteiger partial charge on any atom is 0.0869 e. The molecule has 0 heterocycles. The average molecular weight is 326 g/mol. The molecule has 0 spiro atoms. The summed E-state index contributed by atoms with van der Waals surface area (Å²) in [6.45, 7) is 3.24. The van der Waals surface area contributed by atoms with Gasteiger partial charge < -0.3 is 15.3 Å². The van der Waals surface area contributed by atoms with Gasteiger partial charge in [0.1, 0.15) is 0 Å². The van der Waals surface area contributed by atoms with E-state index in [4.69, 9.17) is 34.8 Å². The highest BCUT2D eigenvalue weighted by Gasteiger charge is 2.21. The predicted molar refractivity (Wildman–Crippen MR) is 82.4 cm³/mol. The number of aliphatic hydroxyl groups is 1. The Bertz CT molecular complexity index is 436. The first kappa shape index (κ1) is 17.0. The lowest BCUT2D eigenvalue weighted by Crippen LogP contribution is -2.45. The fraction of sp³-hybridized carbons (Fsp3) is 0.538. The van der Waals surface area contributed by atoms with Crippen molar-refractivity contribution in [3.63, 3.8) is 0 Å². The number of hydrogen-bond donors (Lipinski definition) is 2. The highest BCUT2D eigenvalue weighted by molar-refractivity contribution is 6.44. The van der Waals surface area contributed by atoms with Gasteiger partial charge in [-0.15, -0.1) is 0 Å². The fourth-order valence-electron chi connectivity index (χ4n) is 1.93. The van der Waals surface area contributed by atoms with Crippen LogP contribution in [0.5, 0.6) is 0 Å². The van der Waals surface area contributed by atoms with Crippen molar-refractivity contribution in [3.8, 4) is 0 Å². The van der Waals surface area contributed by atoms with Gasteiger partial charge in [0.15, 0.2) is 0 Å². The summed E-state index contributed by atoms with van der Waals surface area (Å²) < 4.78 is 0. The van der Waals surface area contributed by atoms with Crippen molar-refractivity contribution in [2.24, 2.45) is 0 Å². The van der Waals surface area contributed by atoms with Crippen LogP contribution >= 0.6 is 34.8 Å². The molecule has 0 amide bonds. The predicted octanol–water partition coefficient (Wildman–Crippen LogP) is 3.05. The monoisotopic (exact) mass is 324 g/mol. The van der Waals surface area contributed by atoms with E-state index in [1.165, 1.54) is 0 Å². The van der Waals surface area contributed by atoms with E-state index in [0.29, 0.717) is 34.7 Å². The highest BCUT2D eigenvalue weighted by Crippen LogP contribution is 2.31. The topological polar surface area (TPSA) is 35.5 Å². The minimum absolute atomic E-state index is 0.435. The summed E-state index contributed by atoms with van der Waals surface area (Å²) in [7, 11) is 3.83. The van der Waals surface area contributed by atoms with Gasteiger partial charge in [0.2, 0.25) is 0 Å². The molecule has 0 fully saturated rings. The maximum absolute atomic E-state index is 10.2. The maximum atomic E-state index is 10.2. The zero-order valence-corrected chi connectivity index (χ0v) is 13.6. The van der Waals surface area contributed by atoms with Gasteiger partial charge in [-0.3, -0.25) is 0 Å². The number of halogens is 3. The molecule has 3 nitrogen and oxygen atoms in total. The lowest BCUT2D eigenvalue weighted by Gasteiger charge is -2.27. The van der Waals surface area contributed by atoms with E-state index in [1.54, 1.807) is 19.1 Å². The van der Waals surface area contributed by atoms with Crippen molar-refractivity contribution in [3.05, 3.63) is 32.8 Å². The molecule has 0 aliphatic rings. The smallest absolute Gasteiger partial charge is 0.0869 e. The van der Waals surface area contributed by atoms with Gasteiger partial charge in [-0.25, -0.2) is 0 Å². The van der Waals surface area contributed by atoms with Crippen LogP contribution in [0.15, 0.2) is 12.1 Å². The van der Waals surface area contributed by atoms with Crippen molar-refractivity contribution in [2.45, 2.75) is 19.1 Å². The summed E-state index contributed by atoms with van der Waals surface area (Å²) in [5, 5.41) is 14.8. The summed E-state index contributed by atoms with van der Waals surface area (Å²) in [4.78, 5) is 1.93. The Kier molecular flexibility index (Phi) is 6.37. The van der Waals surface area contributed by atoms with E-state index in [-0.39, 0.29) is 0 Å². The molecule has 108 valence electrons. The Morgan fingerprint density at radius 3 is 2.37 bits per heavy atom. The molecule has 0 aliphatic heterocycles. The first-order chi connectivity index (χ1) is 8.73. The van der Waals surface area contributed by atoms with E-state index in [1.807, 2.05) is 19.0 Å². The number of hydrogen-bond acceptors (Lipinski definition) is 3. The molecule has 6 heteroatoms. The van der Waals surface area contributed by atoms with Crippen molar-refractivity contribution in [1.82, 2.24) is 10.2 Å². The Morgan fingerprint density at radius 1 is 1.21 bits per heavy atom. The van der Waals surface area contributed by atoms with Crippen LogP contribution in [0.3, 0.4) is 0 Å². The second-order valence-electron chi connectivity index (χ2n) is 5.16. The lowest BCUT2D eigenvalue weighted by molar-refractivity contribution is 0.0336. The molecular weight excluding hydrogens is 307 g/mol. The zero-order valence-electron chi connectivity index (χ0n) is 11.3. The molecule has 1 aromatic rings. The standard InChI is InChI=1S/C13H19Cl3N2O/c1-13(19,8-18(2)3)7-17-6-9-10(14)4-5-11(15)12(9)16/h4-5,17,19H,6-8H2,1-3H3. The molecule has 1 rings (SSSR count). The number of likely N-dealkylation sites (N-methyl/N-ethyl adjacent to an activating group) is 1. The molecule has 0 aliphatic carbocycles.